The van der Waals surface area contributed by atoms with Crippen LogP contribution < -0.4 is 14.8 Å². The van der Waals surface area contributed by atoms with Gasteiger partial charge in [0.05, 0.1) is 20.3 Å². The molecule has 0 amide bonds. The summed E-state index contributed by atoms with van der Waals surface area (Å²) in [7, 11) is 5.25. The molecule has 0 fully saturated rings. The van der Waals surface area contributed by atoms with Gasteiger partial charge in [-0.2, -0.15) is 0 Å². The summed E-state index contributed by atoms with van der Waals surface area (Å²) in [4.78, 5) is 4.05. The van der Waals surface area contributed by atoms with E-state index >= 15 is 0 Å². The van der Waals surface area contributed by atoms with Gasteiger partial charge in [-0.15, -0.1) is 0 Å². The highest BCUT2D eigenvalue weighted by atomic mass is 16.5. The zero-order valence-corrected chi connectivity index (χ0v) is 11.4. The van der Waals surface area contributed by atoms with E-state index in [1.54, 1.807) is 26.6 Å². The lowest BCUT2D eigenvalue weighted by Gasteiger charge is -2.20. The number of pyridine rings is 1. The highest BCUT2D eigenvalue weighted by molar-refractivity contribution is 5.45. The normalized spacial score (nSPS) is 11.9. The Labute approximate surface area is 113 Å². The summed E-state index contributed by atoms with van der Waals surface area (Å²) < 4.78 is 10.7. The maximum absolute atomic E-state index is 5.44. The molecular weight excluding hydrogens is 240 g/mol. The highest BCUT2D eigenvalue weighted by Gasteiger charge is 2.17. The number of ether oxygens (including phenoxy) is 2. The van der Waals surface area contributed by atoms with E-state index in [1.165, 1.54) is 0 Å². The third-order valence-electron chi connectivity index (χ3n) is 3.08. The largest absolute Gasteiger partial charge is 0.497 e. The molecule has 1 aromatic carbocycles. The molecule has 0 saturated heterocycles. The van der Waals surface area contributed by atoms with Gasteiger partial charge in [0.15, 0.2) is 0 Å². The highest BCUT2D eigenvalue weighted by Crippen LogP contribution is 2.32. The minimum absolute atomic E-state index is 0.0352. The zero-order valence-electron chi connectivity index (χ0n) is 11.4. The van der Waals surface area contributed by atoms with Crippen LogP contribution in [0.5, 0.6) is 11.5 Å². The monoisotopic (exact) mass is 258 g/mol. The maximum Gasteiger partial charge on any atom is 0.124 e. The smallest absolute Gasteiger partial charge is 0.124 e. The first-order chi connectivity index (χ1) is 9.30. The number of nitrogens with zero attached hydrogens (tertiary/aromatic N) is 1. The first kappa shape index (κ1) is 13.4. The number of rotatable bonds is 5. The lowest BCUT2D eigenvalue weighted by Crippen LogP contribution is -2.18. The molecular formula is C15H18N2O2. The molecule has 0 aliphatic rings. The predicted octanol–water partition coefficient (Wildman–Crippen LogP) is 2.41. The van der Waals surface area contributed by atoms with Gasteiger partial charge in [-0.05, 0) is 42.9 Å². The molecule has 19 heavy (non-hydrogen) atoms. The Balaban J connectivity index is 2.48. The summed E-state index contributed by atoms with van der Waals surface area (Å²) in [6, 6.07) is 9.80. The van der Waals surface area contributed by atoms with Crippen molar-refractivity contribution in [2.75, 3.05) is 21.3 Å². The van der Waals surface area contributed by atoms with Gasteiger partial charge in [0.2, 0.25) is 0 Å². The summed E-state index contributed by atoms with van der Waals surface area (Å²) in [5.74, 6) is 1.64. The lowest BCUT2D eigenvalue weighted by molar-refractivity contribution is 0.395. The second-order valence-electron chi connectivity index (χ2n) is 4.11. The molecule has 0 bridgehead atoms. The zero-order chi connectivity index (χ0) is 13.7. The van der Waals surface area contributed by atoms with Gasteiger partial charge in [0.1, 0.15) is 11.5 Å². The van der Waals surface area contributed by atoms with Crippen molar-refractivity contribution in [3.05, 3.63) is 53.9 Å². The van der Waals surface area contributed by atoms with E-state index in [0.29, 0.717) is 0 Å². The Morgan fingerprint density at radius 1 is 1.05 bits per heavy atom. The van der Waals surface area contributed by atoms with E-state index in [1.807, 2.05) is 37.4 Å². The summed E-state index contributed by atoms with van der Waals surface area (Å²) >= 11 is 0. The second kappa shape index (κ2) is 6.20. The van der Waals surface area contributed by atoms with E-state index < -0.39 is 0 Å². The van der Waals surface area contributed by atoms with Gasteiger partial charge in [0, 0.05) is 18.0 Å². The fourth-order valence-corrected chi connectivity index (χ4v) is 2.12. The molecule has 0 aliphatic heterocycles. The van der Waals surface area contributed by atoms with Gasteiger partial charge in [0.25, 0.3) is 0 Å². The van der Waals surface area contributed by atoms with Crippen LogP contribution in [0, 0.1) is 0 Å². The van der Waals surface area contributed by atoms with Crippen molar-refractivity contribution in [2.45, 2.75) is 6.04 Å². The van der Waals surface area contributed by atoms with E-state index in [2.05, 4.69) is 10.3 Å². The molecule has 0 aliphatic carbocycles. The van der Waals surface area contributed by atoms with Crippen molar-refractivity contribution in [3.8, 4) is 11.5 Å². The van der Waals surface area contributed by atoms with E-state index in [-0.39, 0.29) is 6.04 Å². The van der Waals surface area contributed by atoms with Gasteiger partial charge >= 0.3 is 0 Å². The molecule has 2 aromatic rings. The van der Waals surface area contributed by atoms with Crippen molar-refractivity contribution in [1.82, 2.24) is 10.3 Å². The van der Waals surface area contributed by atoms with Crippen LogP contribution in [0.2, 0.25) is 0 Å². The minimum Gasteiger partial charge on any atom is -0.497 e. The summed E-state index contributed by atoms with van der Waals surface area (Å²) in [5, 5.41) is 3.30. The molecule has 1 unspecified atom stereocenters. The number of hydrogen-bond donors (Lipinski definition) is 1. The van der Waals surface area contributed by atoms with Gasteiger partial charge < -0.3 is 14.8 Å². The molecule has 4 nitrogen and oxygen atoms in total. The molecule has 0 radical (unpaired) electrons. The average Bonchev–Trinajstić information content (AvgIpc) is 2.49. The SMILES string of the molecule is CNC(c1ccncc1)c1cc(OC)ccc1OC. The number of aromatic nitrogens is 1. The topological polar surface area (TPSA) is 43.4 Å². The first-order valence-corrected chi connectivity index (χ1v) is 6.09. The number of hydrogen-bond acceptors (Lipinski definition) is 4. The Kier molecular flexibility index (Phi) is 4.36. The average molecular weight is 258 g/mol. The van der Waals surface area contributed by atoms with Crippen LogP contribution in [0.15, 0.2) is 42.7 Å². The molecule has 0 spiro atoms. The maximum atomic E-state index is 5.44. The molecule has 1 atom stereocenters. The summed E-state index contributed by atoms with van der Waals surface area (Å²) in [5.41, 5.74) is 2.17. The molecule has 4 heteroatoms. The van der Waals surface area contributed by atoms with Crippen LogP contribution in [-0.4, -0.2) is 26.3 Å². The Bertz CT molecular complexity index is 529. The quantitative estimate of drug-likeness (QED) is 0.894. The van der Waals surface area contributed by atoms with Gasteiger partial charge in [-0.25, -0.2) is 0 Å². The number of nitrogens with one attached hydrogen (secondary N) is 1. The fourth-order valence-electron chi connectivity index (χ4n) is 2.12. The van der Waals surface area contributed by atoms with Crippen molar-refractivity contribution in [1.29, 1.82) is 0 Å². The molecule has 100 valence electrons. The Morgan fingerprint density at radius 2 is 1.79 bits per heavy atom. The lowest BCUT2D eigenvalue weighted by atomic mass is 9.98. The van der Waals surface area contributed by atoms with Crippen molar-refractivity contribution in [3.63, 3.8) is 0 Å². The third-order valence-corrected chi connectivity index (χ3v) is 3.08. The van der Waals surface area contributed by atoms with Gasteiger partial charge in [-0.1, -0.05) is 0 Å². The van der Waals surface area contributed by atoms with Crippen LogP contribution >= 0.6 is 0 Å². The predicted molar refractivity (Wildman–Crippen MR) is 74.7 cm³/mol. The van der Waals surface area contributed by atoms with Gasteiger partial charge in [-0.3, -0.25) is 4.98 Å². The van der Waals surface area contributed by atoms with Crippen molar-refractivity contribution in [2.24, 2.45) is 0 Å². The minimum atomic E-state index is 0.0352. The van der Waals surface area contributed by atoms with Crippen LogP contribution in [0.4, 0.5) is 0 Å². The van der Waals surface area contributed by atoms with Crippen LogP contribution in [-0.2, 0) is 0 Å². The molecule has 0 saturated carbocycles. The van der Waals surface area contributed by atoms with Crippen molar-refractivity contribution >= 4 is 0 Å². The fraction of sp³-hybridized carbons (Fsp3) is 0.267. The third kappa shape index (κ3) is 2.85. The number of methoxy groups -OCH3 is 2. The molecule has 1 aromatic heterocycles. The molecule has 1 heterocycles. The Morgan fingerprint density at radius 3 is 2.37 bits per heavy atom. The molecule has 1 N–H and O–H groups in total. The molecule has 2 rings (SSSR count). The van der Waals surface area contributed by atoms with Crippen LogP contribution in [0.3, 0.4) is 0 Å². The Hall–Kier alpha value is -2.07. The summed E-state index contributed by atoms with van der Waals surface area (Å²) in [6.07, 6.45) is 3.57. The second-order valence-corrected chi connectivity index (χ2v) is 4.11. The van der Waals surface area contributed by atoms with Crippen LogP contribution in [0.25, 0.3) is 0 Å². The standard InChI is InChI=1S/C15H18N2O2/c1-16-15(11-6-8-17-9-7-11)13-10-12(18-2)4-5-14(13)19-3/h4-10,15-16H,1-3H3. The summed E-state index contributed by atoms with van der Waals surface area (Å²) in [6.45, 7) is 0. The first-order valence-electron chi connectivity index (χ1n) is 6.09. The van der Waals surface area contributed by atoms with E-state index in [9.17, 15) is 0 Å². The van der Waals surface area contributed by atoms with E-state index in [0.717, 1.165) is 22.6 Å². The van der Waals surface area contributed by atoms with Crippen molar-refractivity contribution < 1.29 is 9.47 Å². The van der Waals surface area contributed by atoms with Crippen LogP contribution in [0.1, 0.15) is 17.2 Å². The number of benzene rings is 1. The van der Waals surface area contributed by atoms with E-state index in [4.69, 9.17) is 9.47 Å².